The van der Waals surface area contributed by atoms with Gasteiger partial charge in [0.2, 0.25) is 0 Å². The van der Waals surface area contributed by atoms with Gasteiger partial charge in [0.1, 0.15) is 0 Å². The summed E-state index contributed by atoms with van der Waals surface area (Å²) in [4.78, 5) is 17.2. The number of carbonyl (C=O) groups excluding carboxylic acids is 1. The van der Waals surface area contributed by atoms with Crippen LogP contribution in [0.5, 0.6) is 0 Å². The van der Waals surface area contributed by atoms with E-state index in [0.29, 0.717) is 0 Å². The second-order valence-electron chi connectivity index (χ2n) is 4.13. The Morgan fingerprint density at radius 2 is 2.00 bits per heavy atom. The predicted molar refractivity (Wildman–Crippen MR) is 76.7 cm³/mol. The van der Waals surface area contributed by atoms with E-state index in [1.54, 1.807) is 35.1 Å². The Balaban J connectivity index is 1.93. The van der Waals surface area contributed by atoms with E-state index < -0.39 is 0 Å². The minimum atomic E-state index is -0.110. The summed E-state index contributed by atoms with van der Waals surface area (Å²) in [6, 6.07) is 7.88. The molecule has 4 heteroatoms. The Morgan fingerprint density at radius 3 is 2.72 bits per heavy atom. The summed E-state index contributed by atoms with van der Waals surface area (Å²) in [7, 11) is 0. The van der Waals surface area contributed by atoms with Gasteiger partial charge in [0.05, 0.1) is 4.88 Å². The van der Waals surface area contributed by atoms with Gasteiger partial charge in [-0.15, -0.1) is 22.7 Å². The lowest BCUT2D eigenvalue weighted by molar-refractivity contribution is 0.0970. The molecule has 0 bridgehead atoms. The largest absolute Gasteiger partial charge is 0.293 e. The average Bonchev–Trinajstić information content (AvgIpc) is 2.99. The summed E-state index contributed by atoms with van der Waals surface area (Å²) in [5.41, 5.74) is 1.02. The zero-order valence-electron chi connectivity index (χ0n) is 9.79. The third-order valence-electron chi connectivity index (χ3n) is 2.98. The van der Waals surface area contributed by atoms with Gasteiger partial charge in [0, 0.05) is 27.7 Å². The second-order valence-corrected chi connectivity index (χ2v) is 6.16. The SMILES string of the molecule is CC(C(=O)c1cc2sccc2s1)c1ccncc1. The van der Waals surface area contributed by atoms with Gasteiger partial charge < -0.3 is 0 Å². The van der Waals surface area contributed by atoms with Crippen molar-refractivity contribution >= 4 is 37.9 Å². The summed E-state index contributed by atoms with van der Waals surface area (Å²) in [5, 5.41) is 2.06. The number of rotatable bonds is 3. The lowest BCUT2D eigenvalue weighted by Crippen LogP contribution is -2.07. The van der Waals surface area contributed by atoms with Gasteiger partial charge in [-0.25, -0.2) is 0 Å². The lowest BCUT2D eigenvalue weighted by Gasteiger charge is -2.08. The van der Waals surface area contributed by atoms with Crippen LogP contribution in [0.1, 0.15) is 28.1 Å². The van der Waals surface area contributed by atoms with Crippen LogP contribution in [0.4, 0.5) is 0 Å². The van der Waals surface area contributed by atoms with E-state index in [9.17, 15) is 4.79 Å². The van der Waals surface area contributed by atoms with Crippen LogP contribution < -0.4 is 0 Å². The van der Waals surface area contributed by atoms with Crippen molar-refractivity contribution in [2.24, 2.45) is 0 Å². The molecule has 0 saturated carbocycles. The number of aromatic nitrogens is 1. The van der Waals surface area contributed by atoms with E-state index >= 15 is 0 Å². The molecule has 0 aromatic carbocycles. The number of hydrogen-bond acceptors (Lipinski definition) is 4. The summed E-state index contributed by atoms with van der Waals surface area (Å²) < 4.78 is 2.40. The molecule has 1 unspecified atom stereocenters. The zero-order valence-corrected chi connectivity index (χ0v) is 11.4. The van der Waals surface area contributed by atoms with Crippen molar-refractivity contribution in [1.82, 2.24) is 4.98 Å². The molecule has 90 valence electrons. The summed E-state index contributed by atoms with van der Waals surface area (Å²) in [5.74, 6) is 0.0790. The molecule has 0 fully saturated rings. The van der Waals surface area contributed by atoms with Gasteiger partial charge in [-0.05, 0) is 35.2 Å². The van der Waals surface area contributed by atoms with E-state index in [1.807, 2.05) is 25.1 Å². The maximum atomic E-state index is 12.4. The molecule has 0 radical (unpaired) electrons. The standard InChI is InChI=1S/C14H11NOS2/c1-9(10-2-5-15-6-3-10)14(16)13-8-12-11(18-13)4-7-17-12/h2-9H,1H3. The van der Waals surface area contributed by atoms with Gasteiger partial charge in [0.15, 0.2) is 5.78 Å². The van der Waals surface area contributed by atoms with Crippen LogP contribution in [-0.2, 0) is 0 Å². The van der Waals surface area contributed by atoms with Crippen LogP contribution in [0.25, 0.3) is 9.40 Å². The van der Waals surface area contributed by atoms with E-state index in [0.717, 1.165) is 10.4 Å². The Labute approximate surface area is 113 Å². The highest BCUT2D eigenvalue weighted by Gasteiger charge is 2.19. The van der Waals surface area contributed by atoms with Crippen LogP contribution in [0.3, 0.4) is 0 Å². The van der Waals surface area contributed by atoms with Crippen LogP contribution in [0.2, 0.25) is 0 Å². The second kappa shape index (κ2) is 4.63. The molecule has 3 heterocycles. The normalized spacial score (nSPS) is 12.7. The number of ketones is 1. The molecule has 1 atom stereocenters. The first-order valence-corrected chi connectivity index (χ1v) is 7.36. The quantitative estimate of drug-likeness (QED) is 0.664. The highest BCUT2D eigenvalue weighted by molar-refractivity contribution is 7.27. The van der Waals surface area contributed by atoms with E-state index in [2.05, 4.69) is 16.4 Å². The molecule has 3 aromatic heterocycles. The van der Waals surface area contributed by atoms with Crippen molar-refractivity contribution in [2.45, 2.75) is 12.8 Å². The molecule has 0 N–H and O–H groups in total. The molecule has 3 rings (SSSR count). The summed E-state index contributed by atoms with van der Waals surface area (Å²) in [6.45, 7) is 1.95. The monoisotopic (exact) mass is 273 g/mol. The molecule has 2 nitrogen and oxygen atoms in total. The molecule has 3 aromatic rings. The van der Waals surface area contributed by atoms with Gasteiger partial charge in [-0.2, -0.15) is 0 Å². The Hall–Kier alpha value is -1.52. The van der Waals surface area contributed by atoms with Gasteiger partial charge in [-0.1, -0.05) is 6.92 Å². The number of nitrogens with zero attached hydrogens (tertiary/aromatic N) is 1. The molecule has 18 heavy (non-hydrogen) atoms. The third kappa shape index (κ3) is 1.98. The Kier molecular flexibility index (Phi) is 2.97. The zero-order chi connectivity index (χ0) is 12.5. The molecular formula is C14H11NOS2. The van der Waals surface area contributed by atoms with Crippen molar-refractivity contribution in [2.75, 3.05) is 0 Å². The fourth-order valence-corrected chi connectivity index (χ4v) is 4.04. The highest BCUT2D eigenvalue weighted by Crippen LogP contribution is 2.32. The first-order valence-electron chi connectivity index (χ1n) is 5.67. The van der Waals surface area contributed by atoms with Gasteiger partial charge >= 0.3 is 0 Å². The van der Waals surface area contributed by atoms with Crippen molar-refractivity contribution in [1.29, 1.82) is 0 Å². The molecule has 0 aliphatic heterocycles. The first-order chi connectivity index (χ1) is 8.75. The number of carbonyl (C=O) groups is 1. The molecular weight excluding hydrogens is 262 g/mol. The number of Topliss-reactive ketones (excluding diaryl/α,β-unsaturated/α-hetero) is 1. The topological polar surface area (TPSA) is 30.0 Å². The highest BCUT2D eigenvalue weighted by atomic mass is 32.1. The Bertz CT molecular complexity index is 655. The average molecular weight is 273 g/mol. The molecule has 0 saturated heterocycles. The van der Waals surface area contributed by atoms with Crippen molar-refractivity contribution in [3.63, 3.8) is 0 Å². The molecule has 0 aliphatic carbocycles. The maximum Gasteiger partial charge on any atom is 0.180 e. The summed E-state index contributed by atoms with van der Waals surface area (Å²) in [6.07, 6.45) is 3.46. The fraction of sp³-hybridized carbons (Fsp3) is 0.143. The number of pyridine rings is 1. The van der Waals surface area contributed by atoms with Crippen LogP contribution >= 0.6 is 22.7 Å². The van der Waals surface area contributed by atoms with Crippen molar-refractivity contribution in [3.8, 4) is 0 Å². The molecule has 0 aliphatic rings. The van der Waals surface area contributed by atoms with Crippen LogP contribution in [0.15, 0.2) is 42.0 Å². The van der Waals surface area contributed by atoms with Crippen LogP contribution in [-0.4, -0.2) is 10.8 Å². The lowest BCUT2D eigenvalue weighted by atomic mass is 9.97. The Morgan fingerprint density at radius 1 is 1.22 bits per heavy atom. The smallest absolute Gasteiger partial charge is 0.180 e. The van der Waals surface area contributed by atoms with Crippen molar-refractivity contribution in [3.05, 3.63) is 52.5 Å². The van der Waals surface area contributed by atoms with Gasteiger partial charge in [0.25, 0.3) is 0 Å². The minimum Gasteiger partial charge on any atom is -0.293 e. The molecule has 0 amide bonds. The fourth-order valence-electron chi connectivity index (χ4n) is 1.90. The first kappa shape index (κ1) is 11.6. The maximum absolute atomic E-state index is 12.4. The van der Waals surface area contributed by atoms with E-state index in [-0.39, 0.29) is 11.7 Å². The number of thiophene rings is 2. The van der Waals surface area contributed by atoms with Crippen LogP contribution in [0, 0.1) is 0 Å². The predicted octanol–water partition coefficient (Wildman–Crippen LogP) is 4.34. The molecule has 0 spiro atoms. The number of hydrogen-bond donors (Lipinski definition) is 0. The summed E-state index contributed by atoms with van der Waals surface area (Å²) >= 11 is 3.26. The van der Waals surface area contributed by atoms with Gasteiger partial charge in [-0.3, -0.25) is 9.78 Å². The van der Waals surface area contributed by atoms with E-state index in [1.165, 1.54) is 9.40 Å². The number of fused-ring (bicyclic) bond motifs is 1. The van der Waals surface area contributed by atoms with E-state index in [4.69, 9.17) is 0 Å². The van der Waals surface area contributed by atoms with Crippen molar-refractivity contribution < 1.29 is 4.79 Å². The third-order valence-corrected chi connectivity index (χ3v) is 5.09. The minimum absolute atomic E-state index is 0.110.